The van der Waals surface area contributed by atoms with E-state index in [0.717, 1.165) is 12.8 Å². The molecule has 0 radical (unpaired) electrons. The molecular formula is C16H28O3. The van der Waals surface area contributed by atoms with Crippen molar-refractivity contribution in [3.8, 4) is 0 Å². The number of Topliss-reactive ketones (excluding diaryl/α,β-unsaturated/α-hetero) is 1. The van der Waals surface area contributed by atoms with Crippen molar-refractivity contribution in [2.45, 2.75) is 67.2 Å². The first-order valence-corrected chi connectivity index (χ1v) is 7.13. The highest BCUT2D eigenvalue weighted by Crippen LogP contribution is 2.45. The molecule has 19 heavy (non-hydrogen) atoms. The summed E-state index contributed by atoms with van der Waals surface area (Å²) in [7, 11) is 0. The van der Waals surface area contributed by atoms with Gasteiger partial charge in [0.05, 0.1) is 12.0 Å². The van der Waals surface area contributed by atoms with E-state index in [1.54, 1.807) is 0 Å². The van der Waals surface area contributed by atoms with Crippen molar-refractivity contribution in [2.75, 3.05) is 6.61 Å². The minimum atomic E-state index is -0.642. The van der Waals surface area contributed by atoms with Crippen LogP contribution in [0, 0.1) is 16.2 Å². The molecule has 0 bridgehead atoms. The largest absolute Gasteiger partial charge is 0.465 e. The van der Waals surface area contributed by atoms with Crippen LogP contribution in [0.5, 0.6) is 0 Å². The minimum Gasteiger partial charge on any atom is -0.465 e. The van der Waals surface area contributed by atoms with Gasteiger partial charge in [-0.2, -0.15) is 0 Å². The molecule has 0 saturated heterocycles. The van der Waals surface area contributed by atoms with Crippen LogP contribution in [-0.4, -0.2) is 18.4 Å². The Balaban J connectivity index is 2.62. The van der Waals surface area contributed by atoms with E-state index in [1.165, 1.54) is 0 Å². The van der Waals surface area contributed by atoms with Crippen LogP contribution in [0.25, 0.3) is 0 Å². The van der Waals surface area contributed by atoms with Gasteiger partial charge in [-0.3, -0.25) is 9.59 Å². The molecule has 1 saturated carbocycles. The number of hydrogen-bond acceptors (Lipinski definition) is 3. The predicted octanol–water partition coefficient (Wildman–Crippen LogP) is 3.75. The number of ether oxygens (including phenoxy) is 1. The summed E-state index contributed by atoms with van der Waals surface area (Å²) in [6.45, 7) is 12.8. The Labute approximate surface area is 117 Å². The van der Waals surface area contributed by atoms with Crippen molar-refractivity contribution in [3.63, 3.8) is 0 Å². The summed E-state index contributed by atoms with van der Waals surface area (Å²) in [5.74, 6) is -0.0376. The zero-order chi connectivity index (χ0) is 14.9. The summed E-state index contributed by atoms with van der Waals surface area (Å²) >= 11 is 0. The second-order valence-electron chi connectivity index (χ2n) is 8.24. The molecule has 0 aromatic rings. The van der Waals surface area contributed by atoms with E-state index in [9.17, 15) is 9.59 Å². The zero-order valence-electron chi connectivity index (χ0n) is 13.3. The molecule has 1 fully saturated rings. The molecule has 0 heterocycles. The van der Waals surface area contributed by atoms with Gasteiger partial charge < -0.3 is 4.74 Å². The van der Waals surface area contributed by atoms with Gasteiger partial charge in [-0.15, -0.1) is 0 Å². The molecule has 0 aromatic heterocycles. The number of rotatable bonds is 3. The average molecular weight is 268 g/mol. The molecule has 0 amide bonds. The quantitative estimate of drug-likeness (QED) is 0.732. The Morgan fingerprint density at radius 3 is 2.26 bits per heavy atom. The van der Waals surface area contributed by atoms with Crippen LogP contribution in [0.4, 0.5) is 0 Å². The van der Waals surface area contributed by atoms with Gasteiger partial charge in [-0.25, -0.2) is 0 Å². The van der Waals surface area contributed by atoms with Crippen molar-refractivity contribution in [2.24, 2.45) is 16.2 Å². The molecule has 1 aliphatic rings. The maximum Gasteiger partial charge on any atom is 0.312 e. The van der Waals surface area contributed by atoms with Crippen LogP contribution in [0.2, 0.25) is 0 Å². The van der Waals surface area contributed by atoms with Crippen molar-refractivity contribution < 1.29 is 14.3 Å². The van der Waals surface area contributed by atoms with Gasteiger partial charge in [-0.1, -0.05) is 34.6 Å². The summed E-state index contributed by atoms with van der Waals surface area (Å²) in [4.78, 5) is 24.1. The second kappa shape index (κ2) is 5.26. The number of esters is 1. The lowest BCUT2D eigenvalue weighted by Crippen LogP contribution is -2.42. The van der Waals surface area contributed by atoms with Crippen LogP contribution in [0.1, 0.15) is 67.2 Å². The lowest BCUT2D eigenvalue weighted by molar-refractivity contribution is -0.162. The molecule has 1 unspecified atom stereocenters. The van der Waals surface area contributed by atoms with E-state index in [2.05, 4.69) is 20.8 Å². The fourth-order valence-corrected chi connectivity index (χ4v) is 2.98. The van der Waals surface area contributed by atoms with Gasteiger partial charge in [0.15, 0.2) is 0 Å². The maximum atomic E-state index is 12.3. The standard InChI is InChI=1S/C16H28O3/c1-14(2,3)7-8-19-13(18)16(6)10-12(17)9-15(4,5)11-16/h7-11H2,1-6H3. The van der Waals surface area contributed by atoms with Gasteiger partial charge in [0.25, 0.3) is 0 Å². The Morgan fingerprint density at radius 2 is 1.79 bits per heavy atom. The zero-order valence-corrected chi connectivity index (χ0v) is 13.3. The summed E-state index contributed by atoms with van der Waals surface area (Å²) in [5, 5.41) is 0. The Morgan fingerprint density at radius 1 is 1.21 bits per heavy atom. The summed E-state index contributed by atoms with van der Waals surface area (Å²) < 4.78 is 5.41. The van der Waals surface area contributed by atoms with Crippen LogP contribution in [0.15, 0.2) is 0 Å². The van der Waals surface area contributed by atoms with Crippen molar-refractivity contribution in [1.29, 1.82) is 0 Å². The van der Waals surface area contributed by atoms with E-state index < -0.39 is 5.41 Å². The van der Waals surface area contributed by atoms with Gasteiger partial charge >= 0.3 is 5.97 Å². The fraction of sp³-hybridized carbons (Fsp3) is 0.875. The van der Waals surface area contributed by atoms with E-state index in [-0.39, 0.29) is 22.6 Å². The van der Waals surface area contributed by atoms with E-state index in [4.69, 9.17) is 4.74 Å². The molecular weight excluding hydrogens is 240 g/mol. The summed E-state index contributed by atoms with van der Waals surface area (Å²) in [5.41, 5.74) is -0.591. The topological polar surface area (TPSA) is 43.4 Å². The summed E-state index contributed by atoms with van der Waals surface area (Å²) in [6, 6.07) is 0. The van der Waals surface area contributed by atoms with E-state index >= 15 is 0 Å². The number of carbonyl (C=O) groups excluding carboxylic acids is 2. The maximum absolute atomic E-state index is 12.3. The molecule has 1 rings (SSSR count). The molecule has 3 nitrogen and oxygen atoms in total. The SMILES string of the molecule is CC(C)(C)CCOC(=O)C1(C)CC(=O)CC(C)(C)C1. The van der Waals surface area contributed by atoms with Gasteiger partial charge in [-0.05, 0) is 30.6 Å². The van der Waals surface area contributed by atoms with Crippen molar-refractivity contribution in [1.82, 2.24) is 0 Å². The number of hydrogen-bond donors (Lipinski definition) is 0. The molecule has 110 valence electrons. The highest BCUT2D eigenvalue weighted by atomic mass is 16.5. The molecule has 0 spiro atoms. The predicted molar refractivity (Wildman–Crippen MR) is 75.8 cm³/mol. The monoisotopic (exact) mass is 268 g/mol. The molecule has 0 aliphatic heterocycles. The Hall–Kier alpha value is -0.860. The highest BCUT2D eigenvalue weighted by Gasteiger charge is 2.46. The van der Waals surface area contributed by atoms with Gasteiger partial charge in [0.1, 0.15) is 5.78 Å². The van der Waals surface area contributed by atoms with Crippen LogP contribution >= 0.6 is 0 Å². The normalized spacial score (nSPS) is 27.2. The van der Waals surface area contributed by atoms with Crippen LogP contribution < -0.4 is 0 Å². The second-order valence-corrected chi connectivity index (χ2v) is 8.24. The summed E-state index contributed by atoms with van der Waals surface area (Å²) in [6.07, 6.45) is 2.45. The van der Waals surface area contributed by atoms with Crippen molar-refractivity contribution >= 4 is 11.8 Å². The van der Waals surface area contributed by atoms with Gasteiger partial charge in [0, 0.05) is 12.8 Å². The third kappa shape index (κ3) is 4.96. The Bertz CT molecular complexity index is 363. The first kappa shape index (κ1) is 16.2. The lowest BCUT2D eigenvalue weighted by atomic mass is 9.64. The van der Waals surface area contributed by atoms with Crippen LogP contribution in [0.3, 0.4) is 0 Å². The first-order chi connectivity index (χ1) is 8.44. The highest BCUT2D eigenvalue weighted by molar-refractivity contribution is 5.88. The third-order valence-corrected chi connectivity index (χ3v) is 3.71. The average Bonchev–Trinajstić information content (AvgIpc) is 2.10. The molecule has 3 heteroatoms. The molecule has 0 N–H and O–H groups in total. The van der Waals surface area contributed by atoms with Gasteiger partial charge in [0.2, 0.25) is 0 Å². The molecule has 1 aliphatic carbocycles. The van der Waals surface area contributed by atoms with Crippen LogP contribution in [-0.2, 0) is 14.3 Å². The first-order valence-electron chi connectivity index (χ1n) is 7.13. The number of carbonyl (C=O) groups is 2. The third-order valence-electron chi connectivity index (χ3n) is 3.71. The molecule has 0 aromatic carbocycles. The van der Waals surface area contributed by atoms with Crippen molar-refractivity contribution in [3.05, 3.63) is 0 Å². The minimum absolute atomic E-state index is 0.104. The van der Waals surface area contributed by atoms with E-state index in [0.29, 0.717) is 19.4 Å². The molecule has 1 atom stereocenters. The fourth-order valence-electron chi connectivity index (χ4n) is 2.98. The van der Waals surface area contributed by atoms with E-state index in [1.807, 2.05) is 20.8 Å². The number of ketones is 1. The Kier molecular flexibility index (Phi) is 4.48. The smallest absolute Gasteiger partial charge is 0.312 e. The lowest BCUT2D eigenvalue weighted by Gasteiger charge is -2.40.